The molecule has 19 heavy (non-hydrogen) atoms. The van der Waals surface area contributed by atoms with Crippen molar-refractivity contribution in [3.63, 3.8) is 0 Å². The molecule has 1 saturated carbocycles. The summed E-state index contributed by atoms with van der Waals surface area (Å²) < 4.78 is 6.92. The van der Waals surface area contributed by atoms with Gasteiger partial charge in [0, 0.05) is 5.75 Å². The highest BCUT2D eigenvalue weighted by Gasteiger charge is 2.35. The molecule has 1 fully saturated rings. The minimum absolute atomic E-state index is 0.254. The van der Waals surface area contributed by atoms with E-state index in [1.54, 1.807) is 14.0 Å². The summed E-state index contributed by atoms with van der Waals surface area (Å²) >= 11 is 1.47. The molecule has 8 heteroatoms. The maximum atomic E-state index is 11.9. The van der Waals surface area contributed by atoms with E-state index in [4.69, 9.17) is 4.74 Å². The number of tetrazole rings is 1. The molecule has 1 unspecified atom stereocenters. The largest absolute Gasteiger partial charge is 0.465 e. The Morgan fingerprint density at radius 1 is 1.63 bits per heavy atom. The second-order valence-electron chi connectivity index (χ2n) is 4.73. The van der Waals surface area contributed by atoms with E-state index in [0.29, 0.717) is 18.4 Å². The van der Waals surface area contributed by atoms with Crippen LogP contribution < -0.4 is 5.32 Å². The molecular weight excluding hydrogens is 266 g/mol. The van der Waals surface area contributed by atoms with E-state index in [1.165, 1.54) is 11.8 Å². The van der Waals surface area contributed by atoms with Crippen LogP contribution >= 0.6 is 11.8 Å². The molecule has 0 amide bonds. The van der Waals surface area contributed by atoms with Gasteiger partial charge in [-0.3, -0.25) is 4.79 Å². The van der Waals surface area contributed by atoms with Gasteiger partial charge < -0.3 is 10.1 Å². The summed E-state index contributed by atoms with van der Waals surface area (Å²) in [5.41, 5.74) is -0.735. The molecule has 1 aromatic heterocycles. The Labute approximate surface area is 116 Å². The number of nitrogens with one attached hydrogen (secondary N) is 1. The van der Waals surface area contributed by atoms with Gasteiger partial charge in [0.05, 0.1) is 12.6 Å². The van der Waals surface area contributed by atoms with E-state index >= 15 is 0 Å². The third-order valence-electron chi connectivity index (χ3n) is 3.12. The molecule has 0 aliphatic heterocycles. The number of carbonyl (C=O) groups is 1. The van der Waals surface area contributed by atoms with Gasteiger partial charge in [-0.15, -0.1) is 5.10 Å². The summed E-state index contributed by atoms with van der Waals surface area (Å²) in [4.78, 5) is 11.9. The van der Waals surface area contributed by atoms with Gasteiger partial charge in [-0.25, -0.2) is 4.68 Å². The molecular formula is C11H19N5O2S. The second-order valence-corrected chi connectivity index (χ2v) is 5.67. The number of nitrogens with zero attached hydrogens (tertiary/aromatic N) is 4. The smallest absolute Gasteiger partial charge is 0.326 e. The van der Waals surface area contributed by atoms with Crippen LogP contribution in [0.1, 0.15) is 32.7 Å². The first-order valence-electron chi connectivity index (χ1n) is 6.37. The number of aromatic nitrogens is 4. The molecule has 0 aromatic carbocycles. The molecule has 106 valence electrons. The summed E-state index contributed by atoms with van der Waals surface area (Å²) in [7, 11) is 1.75. The third-order valence-corrected chi connectivity index (χ3v) is 4.37. The lowest BCUT2D eigenvalue weighted by atomic mass is 10.1. The topological polar surface area (TPSA) is 81.9 Å². The lowest BCUT2D eigenvalue weighted by Gasteiger charge is -2.25. The minimum Gasteiger partial charge on any atom is -0.465 e. The predicted molar refractivity (Wildman–Crippen MR) is 70.9 cm³/mol. The van der Waals surface area contributed by atoms with E-state index in [-0.39, 0.29) is 5.97 Å². The first-order chi connectivity index (χ1) is 9.10. The maximum Gasteiger partial charge on any atom is 0.326 e. The van der Waals surface area contributed by atoms with Gasteiger partial charge in [-0.1, -0.05) is 11.8 Å². The molecule has 7 nitrogen and oxygen atoms in total. The number of ether oxygens (including phenoxy) is 1. The lowest BCUT2D eigenvalue weighted by Crippen LogP contribution is -2.50. The molecule has 0 radical (unpaired) electrons. The Balaban J connectivity index is 1.98. The van der Waals surface area contributed by atoms with Crippen molar-refractivity contribution in [2.24, 2.45) is 0 Å². The molecule has 0 bridgehead atoms. The predicted octanol–water partition coefficient (Wildman–Crippen LogP) is 0.641. The Kier molecular flexibility index (Phi) is 4.41. The van der Waals surface area contributed by atoms with Gasteiger partial charge in [0.25, 0.3) is 0 Å². The van der Waals surface area contributed by atoms with Crippen LogP contribution in [0.2, 0.25) is 0 Å². The van der Waals surface area contributed by atoms with E-state index in [9.17, 15) is 4.79 Å². The molecule has 0 saturated heterocycles. The van der Waals surface area contributed by atoms with Crippen molar-refractivity contribution in [2.45, 2.75) is 43.4 Å². The van der Waals surface area contributed by atoms with E-state index in [2.05, 4.69) is 20.8 Å². The van der Waals surface area contributed by atoms with Crippen LogP contribution in [0.4, 0.5) is 0 Å². The zero-order chi connectivity index (χ0) is 13.9. The number of hydrogen-bond donors (Lipinski definition) is 1. The van der Waals surface area contributed by atoms with Crippen molar-refractivity contribution in [3.8, 4) is 0 Å². The fourth-order valence-electron chi connectivity index (χ4n) is 1.56. The lowest BCUT2D eigenvalue weighted by molar-refractivity contribution is -0.149. The molecule has 1 atom stereocenters. The second kappa shape index (κ2) is 5.87. The standard InChI is InChI=1S/C11H19N5O2S/c1-4-18-9(17)11(2,12-3)7-19-10-13-14-15-16(10)8-5-6-8/h8,12H,4-7H2,1-3H3. The summed E-state index contributed by atoms with van der Waals surface area (Å²) in [6.45, 7) is 4.00. The van der Waals surface area contributed by atoms with Gasteiger partial charge in [0.15, 0.2) is 0 Å². The number of likely N-dealkylation sites (N-methyl/N-ethyl adjacent to an activating group) is 1. The SMILES string of the molecule is CCOC(=O)C(C)(CSc1nnnn1C1CC1)NC. The highest BCUT2D eigenvalue weighted by Crippen LogP contribution is 2.36. The van der Waals surface area contributed by atoms with Crippen LogP contribution in [0.3, 0.4) is 0 Å². The molecule has 1 heterocycles. The van der Waals surface area contributed by atoms with E-state index < -0.39 is 5.54 Å². The van der Waals surface area contributed by atoms with Crippen molar-refractivity contribution in [1.29, 1.82) is 0 Å². The quantitative estimate of drug-likeness (QED) is 0.581. The Morgan fingerprint density at radius 2 is 2.37 bits per heavy atom. The molecule has 1 aliphatic rings. The normalized spacial score (nSPS) is 18.1. The van der Waals surface area contributed by atoms with Gasteiger partial charge in [-0.2, -0.15) is 0 Å². The van der Waals surface area contributed by atoms with Crippen molar-refractivity contribution in [1.82, 2.24) is 25.5 Å². The highest BCUT2D eigenvalue weighted by molar-refractivity contribution is 7.99. The monoisotopic (exact) mass is 285 g/mol. The van der Waals surface area contributed by atoms with Crippen molar-refractivity contribution >= 4 is 17.7 Å². The van der Waals surface area contributed by atoms with Crippen LogP contribution in [-0.2, 0) is 9.53 Å². The zero-order valence-electron chi connectivity index (χ0n) is 11.4. The average molecular weight is 285 g/mol. The van der Waals surface area contributed by atoms with Crippen molar-refractivity contribution < 1.29 is 9.53 Å². The van der Waals surface area contributed by atoms with Crippen LogP contribution in [0.25, 0.3) is 0 Å². The molecule has 1 N–H and O–H groups in total. The van der Waals surface area contributed by atoms with Crippen LogP contribution in [0.15, 0.2) is 5.16 Å². The van der Waals surface area contributed by atoms with Crippen molar-refractivity contribution in [2.75, 3.05) is 19.4 Å². The first-order valence-corrected chi connectivity index (χ1v) is 7.36. The van der Waals surface area contributed by atoms with Crippen LogP contribution in [-0.4, -0.2) is 51.1 Å². The highest BCUT2D eigenvalue weighted by atomic mass is 32.2. The summed E-state index contributed by atoms with van der Waals surface area (Å²) in [5.74, 6) is 0.269. The third kappa shape index (κ3) is 3.24. The summed E-state index contributed by atoms with van der Waals surface area (Å²) in [6.07, 6.45) is 2.25. The van der Waals surface area contributed by atoms with E-state index in [0.717, 1.165) is 18.0 Å². The average Bonchev–Trinajstić information content (AvgIpc) is 3.15. The Hall–Kier alpha value is -1.15. The number of hydrogen-bond acceptors (Lipinski definition) is 7. The molecule has 0 spiro atoms. The fourth-order valence-corrected chi connectivity index (χ4v) is 2.65. The molecule has 1 aromatic rings. The fraction of sp³-hybridized carbons (Fsp3) is 0.818. The van der Waals surface area contributed by atoms with Gasteiger partial charge in [0.2, 0.25) is 5.16 Å². The Bertz CT molecular complexity index is 448. The first kappa shape index (κ1) is 14.3. The summed E-state index contributed by atoms with van der Waals surface area (Å²) in [5, 5.41) is 15.5. The Morgan fingerprint density at radius 3 is 2.95 bits per heavy atom. The summed E-state index contributed by atoms with van der Waals surface area (Å²) in [6, 6.07) is 0.431. The van der Waals surface area contributed by atoms with Gasteiger partial charge in [0.1, 0.15) is 5.54 Å². The zero-order valence-corrected chi connectivity index (χ0v) is 12.2. The molecule has 2 rings (SSSR count). The van der Waals surface area contributed by atoms with Crippen molar-refractivity contribution in [3.05, 3.63) is 0 Å². The minimum atomic E-state index is -0.735. The number of thioether (sulfide) groups is 1. The number of rotatable bonds is 7. The number of esters is 1. The molecule has 1 aliphatic carbocycles. The van der Waals surface area contributed by atoms with Gasteiger partial charge in [-0.05, 0) is 44.2 Å². The van der Waals surface area contributed by atoms with E-state index in [1.807, 2.05) is 11.6 Å². The van der Waals surface area contributed by atoms with Crippen LogP contribution in [0, 0.1) is 0 Å². The van der Waals surface area contributed by atoms with Gasteiger partial charge >= 0.3 is 5.97 Å². The number of carbonyl (C=O) groups excluding carboxylic acids is 1. The van der Waals surface area contributed by atoms with Crippen LogP contribution in [0.5, 0.6) is 0 Å². The maximum absolute atomic E-state index is 11.9.